The fraction of sp³-hybridized carbons (Fsp3) is 0.0625. The van der Waals surface area contributed by atoms with Crippen molar-refractivity contribution in [3.05, 3.63) is 297 Å². The van der Waals surface area contributed by atoms with E-state index < -0.39 is 5.41 Å². The predicted octanol–water partition coefficient (Wildman–Crippen LogP) is 14.1. The van der Waals surface area contributed by atoms with Gasteiger partial charge >= 0.3 is 0 Å². The first-order chi connectivity index (χ1) is 31.6. The van der Waals surface area contributed by atoms with Gasteiger partial charge in [0.2, 0.25) is 0 Å². The summed E-state index contributed by atoms with van der Waals surface area (Å²) in [5.74, 6) is 0.417. The van der Waals surface area contributed by atoms with Gasteiger partial charge in [-0.15, -0.1) is 0 Å². The predicted molar refractivity (Wildman–Crippen MR) is 269 cm³/mol. The minimum Gasteiger partial charge on any atom is -0.0760 e. The molecule has 302 valence electrons. The van der Waals surface area contributed by atoms with E-state index in [1.165, 1.54) is 105 Å². The zero-order valence-electron chi connectivity index (χ0n) is 35.8. The molecule has 2 unspecified atom stereocenters. The number of rotatable bonds is 7. The molecule has 9 aromatic carbocycles. The maximum absolute atomic E-state index is 2.42. The van der Waals surface area contributed by atoms with Crippen molar-refractivity contribution in [2.45, 2.75) is 12.3 Å². The lowest BCUT2D eigenvalue weighted by molar-refractivity contribution is 0.686. The first-order valence-electron chi connectivity index (χ1n) is 22.6. The van der Waals surface area contributed by atoms with Crippen LogP contribution < -0.4 is 10.4 Å². The van der Waals surface area contributed by atoms with Gasteiger partial charge in [-0.2, -0.15) is 0 Å². The van der Waals surface area contributed by atoms with Crippen molar-refractivity contribution in [3.8, 4) is 22.3 Å². The van der Waals surface area contributed by atoms with Crippen molar-refractivity contribution in [1.29, 1.82) is 0 Å². The van der Waals surface area contributed by atoms with Crippen LogP contribution in [0.4, 0.5) is 0 Å². The van der Waals surface area contributed by atoms with Crippen LogP contribution in [0.5, 0.6) is 0 Å². The van der Waals surface area contributed by atoms with E-state index in [0.717, 1.165) is 0 Å². The third-order valence-corrected chi connectivity index (χ3v) is 14.1. The van der Waals surface area contributed by atoms with E-state index in [1.54, 1.807) is 0 Å². The number of benzene rings is 9. The standard InChI is InChI=1S/C64H46/c1-43-25-39-50(40-26-43)64(60-23-10-8-16-54(60)55-17-9-11-24-61(55)64)51-41-37-49(38-42-51)63-58-20-6-4-18-56(58)62(57-19-5-7-21-59(57)63)48-35-31-45(32-36-48)28-27-44-29-33-47(34-30-44)53-22-12-14-46-13-2-3-15-52(46)53/h2-42,56,58H,1H3. The molecule has 9 aromatic rings. The van der Waals surface area contributed by atoms with Gasteiger partial charge in [0.25, 0.3) is 0 Å². The highest BCUT2D eigenvalue weighted by Crippen LogP contribution is 2.56. The van der Waals surface area contributed by atoms with Crippen molar-refractivity contribution in [1.82, 2.24) is 0 Å². The number of aryl methyl sites for hydroxylation is 1. The lowest BCUT2D eigenvalue weighted by Gasteiger charge is -2.35. The highest BCUT2D eigenvalue weighted by molar-refractivity contribution is 5.97. The van der Waals surface area contributed by atoms with E-state index in [4.69, 9.17) is 0 Å². The van der Waals surface area contributed by atoms with Gasteiger partial charge in [-0.05, 0) is 106 Å². The first kappa shape index (κ1) is 37.9. The van der Waals surface area contributed by atoms with Crippen LogP contribution in [0.2, 0.25) is 0 Å². The summed E-state index contributed by atoms with van der Waals surface area (Å²) >= 11 is 0. The quantitative estimate of drug-likeness (QED) is 0.141. The number of hydrogen-bond donors (Lipinski definition) is 0. The Morgan fingerprint density at radius 3 is 1.39 bits per heavy atom. The van der Waals surface area contributed by atoms with E-state index in [2.05, 4.69) is 256 Å². The van der Waals surface area contributed by atoms with Gasteiger partial charge in [0.1, 0.15) is 0 Å². The second-order valence-corrected chi connectivity index (χ2v) is 17.6. The Labute approximate surface area is 375 Å². The van der Waals surface area contributed by atoms with Gasteiger partial charge in [0.05, 0.1) is 5.41 Å². The van der Waals surface area contributed by atoms with Crippen LogP contribution in [0.25, 0.3) is 56.3 Å². The largest absolute Gasteiger partial charge is 0.0760 e. The van der Waals surface area contributed by atoms with Crippen molar-refractivity contribution in [2.75, 3.05) is 0 Å². The Hall–Kier alpha value is -7.80. The molecule has 64 heavy (non-hydrogen) atoms. The zero-order chi connectivity index (χ0) is 42.6. The molecule has 12 rings (SSSR count). The highest BCUT2D eigenvalue weighted by atomic mass is 14.5. The van der Waals surface area contributed by atoms with E-state index >= 15 is 0 Å². The Bertz CT molecular complexity index is 3420. The van der Waals surface area contributed by atoms with Crippen molar-refractivity contribution >= 4 is 34.1 Å². The normalized spacial score (nSPS) is 16.7. The lowest BCUT2D eigenvalue weighted by Crippen LogP contribution is -2.40. The summed E-state index contributed by atoms with van der Waals surface area (Å²) in [7, 11) is 0. The number of fused-ring (bicyclic) bond motifs is 6. The molecule has 0 radical (unpaired) electrons. The fourth-order valence-corrected chi connectivity index (χ4v) is 11.1. The first-order valence-corrected chi connectivity index (χ1v) is 22.6. The van der Waals surface area contributed by atoms with Crippen LogP contribution in [-0.4, -0.2) is 0 Å². The van der Waals surface area contributed by atoms with Crippen LogP contribution >= 0.6 is 0 Å². The van der Waals surface area contributed by atoms with E-state index in [0.29, 0.717) is 0 Å². The van der Waals surface area contributed by atoms with Gasteiger partial charge in [0, 0.05) is 11.8 Å². The van der Waals surface area contributed by atoms with E-state index in [1.807, 2.05) is 0 Å². The van der Waals surface area contributed by atoms with E-state index in [-0.39, 0.29) is 11.8 Å². The van der Waals surface area contributed by atoms with Gasteiger partial charge < -0.3 is 0 Å². The molecule has 0 saturated carbocycles. The van der Waals surface area contributed by atoms with Gasteiger partial charge in [-0.3, -0.25) is 0 Å². The second kappa shape index (κ2) is 15.5. The van der Waals surface area contributed by atoms with Gasteiger partial charge in [0.15, 0.2) is 0 Å². The number of allylic oxidation sites excluding steroid dienone is 4. The van der Waals surface area contributed by atoms with Gasteiger partial charge in [-0.1, -0.05) is 254 Å². The third kappa shape index (κ3) is 6.13. The summed E-state index contributed by atoms with van der Waals surface area (Å²) in [6.07, 6.45) is 13.8. The Morgan fingerprint density at radius 1 is 0.375 bits per heavy atom. The molecule has 3 aliphatic carbocycles. The molecule has 0 bridgehead atoms. The van der Waals surface area contributed by atoms with Crippen LogP contribution in [0.3, 0.4) is 0 Å². The average molecular weight is 815 g/mol. The van der Waals surface area contributed by atoms with Crippen LogP contribution in [0.1, 0.15) is 50.1 Å². The molecule has 0 aliphatic heterocycles. The third-order valence-electron chi connectivity index (χ3n) is 14.1. The monoisotopic (exact) mass is 814 g/mol. The topological polar surface area (TPSA) is 0 Å². The average Bonchev–Trinajstić information content (AvgIpc) is 3.66. The molecule has 0 heteroatoms. The molecule has 0 saturated heterocycles. The summed E-state index contributed by atoms with van der Waals surface area (Å²) < 4.78 is 0. The lowest BCUT2D eigenvalue weighted by atomic mass is 9.67. The molecule has 0 N–H and O–H groups in total. The minimum absolute atomic E-state index is 0.205. The Morgan fingerprint density at radius 2 is 0.812 bits per heavy atom. The van der Waals surface area contributed by atoms with Gasteiger partial charge in [-0.25, -0.2) is 0 Å². The molecule has 0 nitrogen and oxygen atoms in total. The second-order valence-electron chi connectivity index (χ2n) is 17.6. The minimum atomic E-state index is -0.421. The Balaban J connectivity index is 0.915. The molecule has 0 heterocycles. The highest BCUT2D eigenvalue weighted by Gasteiger charge is 2.46. The molecular formula is C64H46. The maximum atomic E-state index is 2.42. The van der Waals surface area contributed by atoms with Crippen LogP contribution in [0.15, 0.2) is 237 Å². The molecule has 3 aliphatic rings. The number of hydrogen-bond acceptors (Lipinski definition) is 0. The smallest absolute Gasteiger partial charge is 0.0713 e. The summed E-state index contributed by atoms with van der Waals surface area (Å²) in [6, 6.07) is 79.1. The van der Waals surface area contributed by atoms with Crippen LogP contribution in [-0.2, 0) is 5.41 Å². The molecule has 0 amide bonds. The zero-order valence-corrected chi connectivity index (χ0v) is 35.8. The SMILES string of the molecule is Cc1ccc(C2(c3ccc(C4=c5ccccc5=C(c5ccc(C=Cc6ccc(-c7cccc8ccccc78)cc6)cc5)C5C=CC=CC45)cc3)c3ccccc3-c3ccccc32)cc1. The van der Waals surface area contributed by atoms with Crippen molar-refractivity contribution in [3.63, 3.8) is 0 Å². The summed E-state index contributed by atoms with van der Waals surface area (Å²) in [5, 5.41) is 5.17. The van der Waals surface area contributed by atoms with Crippen molar-refractivity contribution in [2.24, 2.45) is 11.8 Å². The van der Waals surface area contributed by atoms with E-state index in [9.17, 15) is 0 Å². The Kier molecular flexibility index (Phi) is 9.20. The fourth-order valence-electron chi connectivity index (χ4n) is 11.1. The summed E-state index contributed by atoms with van der Waals surface area (Å²) in [6.45, 7) is 2.17. The molecular weight excluding hydrogens is 769 g/mol. The molecule has 2 atom stereocenters. The van der Waals surface area contributed by atoms with Crippen LogP contribution in [0, 0.1) is 18.8 Å². The summed E-state index contributed by atoms with van der Waals surface area (Å²) in [4.78, 5) is 0. The maximum Gasteiger partial charge on any atom is 0.0713 e. The van der Waals surface area contributed by atoms with Crippen molar-refractivity contribution < 1.29 is 0 Å². The molecule has 0 spiro atoms. The molecule has 0 fully saturated rings. The summed E-state index contributed by atoms with van der Waals surface area (Å²) in [5.41, 5.74) is 18.9. The molecule has 0 aromatic heterocycles.